The van der Waals surface area contributed by atoms with E-state index in [4.69, 9.17) is 9.26 Å². The van der Waals surface area contributed by atoms with Gasteiger partial charge < -0.3 is 14.2 Å². The van der Waals surface area contributed by atoms with Crippen molar-refractivity contribution < 1.29 is 14.1 Å². The van der Waals surface area contributed by atoms with Crippen molar-refractivity contribution in [3.8, 4) is 17.1 Å². The lowest BCUT2D eigenvalue weighted by molar-refractivity contribution is 0.0583. The number of nitrogens with zero attached hydrogens (tertiary/aromatic N) is 3. The molecule has 0 N–H and O–H groups in total. The Morgan fingerprint density at radius 3 is 2.57 bits per heavy atom. The van der Waals surface area contributed by atoms with Crippen LogP contribution >= 0.6 is 0 Å². The van der Waals surface area contributed by atoms with E-state index >= 15 is 0 Å². The molecule has 6 nitrogen and oxygen atoms in total. The van der Waals surface area contributed by atoms with Crippen molar-refractivity contribution >= 4 is 5.91 Å². The molecule has 4 rings (SSSR count). The van der Waals surface area contributed by atoms with Gasteiger partial charge in [-0.05, 0) is 31.9 Å². The highest BCUT2D eigenvalue weighted by Gasteiger charge is 2.29. The lowest BCUT2D eigenvalue weighted by Crippen LogP contribution is -2.41. The summed E-state index contributed by atoms with van der Waals surface area (Å²) in [6.07, 6.45) is 5.43. The molecule has 1 fully saturated rings. The van der Waals surface area contributed by atoms with Crippen LogP contribution in [-0.4, -0.2) is 34.1 Å². The summed E-state index contributed by atoms with van der Waals surface area (Å²) in [5, 5.41) is 4.13. The summed E-state index contributed by atoms with van der Waals surface area (Å²) in [6.45, 7) is 2.33. The Bertz CT molecular complexity index is 991. The molecule has 1 saturated carbocycles. The molecule has 6 heteroatoms. The number of benzene rings is 2. The van der Waals surface area contributed by atoms with Crippen LogP contribution in [-0.2, 0) is 6.54 Å². The number of amides is 1. The molecule has 0 spiro atoms. The van der Waals surface area contributed by atoms with E-state index in [1.807, 2.05) is 60.4 Å². The van der Waals surface area contributed by atoms with E-state index in [2.05, 4.69) is 10.1 Å². The topological polar surface area (TPSA) is 68.5 Å². The zero-order chi connectivity index (χ0) is 20.9. The fourth-order valence-corrected chi connectivity index (χ4v) is 4.02. The summed E-state index contributed by atoms with van der Waals surface area (Å²) in [6, 6.07) is 15.5. The molecule has 1 amide bonds. The number of aromatic nitrogens is 2. The third-order valence-corrected chi connectivity index (χ3v) is 5.70. The van der Waals surface area contributed by atoms with Gasteiger partial charge in [0.15, 0.2) is 0 Å². The number of methoxy groups -OCH3 is 1. The van der Waals surface area contributed by atoms with Gasteiger partial charge in [0.2, 0.25) is 11.7 Å². The number of hydrogen-bond donors (Lipinski definition) is 0. The number of aryl methyl sites for hydroxylation is 1. The minimum absolute atomic E-state index is 0.0607. The third kappa shape index (κ3) is 4.37. The van der Waals surface area contributed by atoms with E-state index in [0.717, 1.165) is 31.2 Å². The minimum Gasteiger partial charge on any atom is -0.496 e. The van der Waals surface area contributed by atoms with E-state index in [1.165, 1.54) is 12.0 Å². The molecule has 0 aliphatic heterocycles. The molecule has 0 atom stereocenters. The van der Waals surface area contributed by atoms with Crippen molar-refractivity contribution in [2.45, 2.75) is 51.6 Å². The number of para-hydroxylation sites is 1. The van der Waals surface area contributed by atoms with Crippen LogP contribution < -0.4 is 4.74 Å². The molecule has 0 unspecified atom stereocenters. The highest BCUT2D eigenvalue weighted by atomic mass is 16.5. The lowest BCUT2D eigenvalue weighted by Gasteiger charge is -2.33. The fourth-order valence-electron chi connectivity index (χ4n) is 4.02. The molecule has 2 aromatic carbocycles. The van der Waals surface area contributed by atoms with E-state index in [-0.39, 0.29) is 11.9 Å². The Balaban J connectivity index is 1.60. The Labute approximate surface area is 176 Å². The maximum Gasteiger partial charge on any atom is 0.258 e. The summed E-state index contributed by atoms with van der Waals surface area (Å²) in [7, 11) is 1.59. The quantitative estimate of drug-likeness (QED) is 0.575. The minimum atomic E-state index is -0.0607. The Kier molecular flexibility index (Phi) is 6.12. The molecule has 156 valence electrons. The number of rotatable bonds is 6. The average Bonchev–Trinajstić information content (AvgIpc) is 3.27. The largest absolute Gasteiger partial charge is 0.496 e. The van der Waals surface area contributed by atoms with Gasteiger partial charge in [0, 0.05) is 11.6 Å². The van der Waals surface area contributed by atoms with E-state index in [0.29, 0.717) is 29.6 Å². The fraction of sp³-hybridized carbons (Fsp3) is 0.375. The van der Waals surface area contributed by atoms with Gasteiger partial charge in [0.25, 0.3) is 5.91 Å². The predicted octanol–water partition coefficient (Wildman–Crippen LogP) is 5.03. The maximum atomic E-state index is 13.5. The summed E-state index contributed by atoms with van der Waals surface area (Å²) >= 11 is 0. The first-order chi connectivity index (χ1) is 14.7. The van der Waals surface area contributed by atoms with Crippen LogP contribution in [0.15, 0.2) is 53.1 Å². The van der Waals surface area contributed by atoms with Crippen LogP contribution in [0, 0.1) is 6.92 Å². The van der Waals surface area contributed by atoms with Crippen LogP contribution in [0.25, 0.3) is 11.4 Å². The van der Waals surface area contributed by atoms with Crippen molar-refractivity contribution in [1.29, 1.82) is 0 Å². The smallest absolute Gasteiger partial charge is 0.258 e. The van der Waals surface area contributed by atoms with Crippen molar-refractivity contribution in [2.24, 2.45) is 0 Å². The lowest BCUT2D eigenvalue weighted by atomic mass is 9.93. The van der Waals surface area contributed by atoms with Crippen molar-refractivity contribution in [2.75, 3.05) is 7.11 Å². The predicted molar refractivity (Wildman–Crippen MR) is 114 cm³/mol. The SMILES string of the molecule is COc1ccccc1C(=O)N(Cc1nc(-c2ccc(C)cc2)no1)C1CCCCC1. The van der Waals surface area contributed by atoms with Gasteiger partial charge in [-0.3, -0.25) is 4.79 Å². The molecular formula is C24H27N3O3. The molecule has 1 heterocycles. The molecular weight excluding hydrogens is 378 g/mol. The maximum absolute atomic E-state index is 13.5. The monoisotopic (exact) mass is 405 g/mol. The van der Waals surface area contributed by atoms with E-state index in [9.17, 15) is 4.79 Å². The van der Waals surface area contributed by atoms with Crippen LogP contribution in [0.2, 0.25) is 0 Å². The standard InChI is InChI=1S/C24H27N3O3/c1-17-12-14-18(15-13-17)23-25-22(30-26-23)16-27(19-8-4-3-5-9-19)24(28)20-10-6-7-11-21(20)29-2/h6-7,10-15,19H,3-5,8-9,16H2,1-2H3. The summed E-state index contributed by atoms with van der Waals surface area (Å²) in [5.41, 5.74) is 2.63. The van der Waals surface area contributed by atoms with Gasteiger partial charge in [0.1, 0.15) is 12.3 Å². The summed E-state index contributed by atoms with van der Waals surface area (Å²) in [5.74, 6) is 1.50. The summed E-state index contributed by atoms with van der Waals surface area (Å²) < 4.78 is 11.0. The van der Waals surface area contributed by atoms with Crippen molar-refractivity contribution in [1.82, 2.24) is 15.0 Å². The van der Waals surface area contributed by atoms with Crippen LogP contribution in [0.3, 0.4) is 0 Å². The molecule has 1 aromatic heterocycles. The van der Waals surface area contributed by atoms with E-state index in [1.54, 1.807) is 7.11 Å². The van der Waals surface area contributed by atoms with Gasteiger partial charge in [-0.2, -0.15) is 4.98 Å². The van der Waals surface area contributed by atoms with Crippen molar-refractivity contribution in [3.63, 3.8) is 0 Å². The van der Waals surface area contributed by atoms with Gasteiger partial charge in [0.05, 0.1) is 12.7 Å². The number of carbonyl (C=O) groups is 1. The van der Waals surface area contributed by atoms with Crippen molar-refractivity contribution in [3.05, 3.63) is 65.5 Å². The average molecular weight is 405 g/mol. The van der Waals surface area contributed by atoms with Gasteiger partial charge in [-0.1, -0.05) is 66.4 Å². The molecule has 1 aliphatic rings. The van der Waals surface area contributed by atoms with Crippen LogP contribution in [0.4, 0.5) is 0 Å². The van der Waals surface area contributed by atoms with Gasteiger partial charge >= 0.3 is 0 Å². The zero-order valence-corrected chi connectivity index (χ0v) is 17.5. The normalized spacial score (nSPS) is 14.5. The second kappa shape index (κ2) is 9.11. The van der Waals surface area contributed by atoms with Crippen LogP contribution in [0.5, 0.6) is 5.75 Å². The van der Waals surface area contributed by atoms with Crippen LogP contribution in [0.1, 0.15) is 53.9 Å². The number of ether oxygens (including phenoxy) is 1. The molecule has 1 aliphatic carbocycles. The first-order valence-electron chi connectivity index (χ1n) is 10.5. The Morgan fingerprint density at radius 2 is 1.83 bits per heavy atom. The molecule has 30 heavy (non-hydrogen) atoms. The Hall–Kier alpha value is -3.15. The number of hydrogen-bond acceptors (Lipinski definition) is 5. The highest BCUT2D eigenvalue weighted by molar-refractivity contribution is 5.97. The number of carbonyl (C=O) groups excluding carboxylic acids is 1. The van der Waals surface area contributed by atoms with E-state index < -0.39 is 0 Å². The molecule has 3 aromatic rings. The molecule has 0 radical (unpaired) electrons. The zero-order valence-electron chi connectivity index (χ0n) is 17.5. The second-order valence-corrected chi connectivity index (χ2v) is 7.80. The van der Waals surface area contributed by atoms with Gasteiger partial charge in [-0.15, -0.1) is 0 Å². The molecule has 0 saturated heterocycles. The first-order valence-corrected chi connectivity index (χ1v) is 10.5. The highest BCUT2D eigenvalue weighted by Crippen LogP contribution is 2.28. The summed E-state index contributed by atoms with van der Waals surface area (Å²) in [4.78, 5) is 19.9. The first kappa shape index (κ1) is 20.1. The third-order valence-electron chi connectivity index (χ3n) is 5.70. The van der Waals surface area contributed by atoms with Gasteiger partial charge in [-0.25, -0.2) is 0 Å². The second-order valence-electron chi connectivity index (χ2n) is 7.80. The molecule has 0 bridgehead atoms. The Morgan fingerprint density at radius 1 is 1.10 bits per heavy atom.